The van der Waals surface area contributed by atoms with Crippen LogP contribution in [-0.4, -0.2) is 14.1 Å². The van der Waals surface area contributed by atoms with Gasteiger partial charge in [0.25, 0.3) is 0 Å². The number of allylic oxidation sites excluding steroid dienone is 1. The molecular formula is C53H41N3. The second kappa shape index (κ2) is 14.0. The van der Waals surface area contributed by atoms with Crippen LogP contribution in [0.25, 0.3) is 84.9 Å². The van der Waals surface area contributed by atoms with Crippen molar-refractivity contribution in [3.8, 4) is 45.0 Å². The first-order valence-electron chi connectivity index (χ1n) is 19.5. The molecule has 0 spiro atoms. The lowest BCUT2D eigenvalue weighted by atomic mass is 9.92. The number of nitrogens with zero attached hydrogens (tertiary/aromatic N) is 3. The van der Waals surface area contributed by atoms with E-state index in [9.17, 15) is 0 Å². The summed E-state index contributed by atoms with van der Waals surface area (Å²) in [6.45, 7) is 4.58. The van der Waals surface area contributed by atoms with Gasteiger partial charge in [0.05, 0.1) is 22.6 Å². The van der Waals surface area contributed by atoms with Gasteiger partial charge in [-0.25, -0.2) is 4.98 Å². The zero-order valence-electron chi connectivity index (χ0n) is 31.6. The fourth-order valence-electron chi connectivity index (χ4n) is 8.56. The second-order valence-corrected chi connectivity index (χ2v) is 14.9. The maximum absolute atomic E-state index is 5.31. The Labute approximate surface area is 328 Å². The quantitative estimate of drug-likeness (QED) is 0.161. The van der Waals surface area contributed by atoms with Gasteiger partial charge in [-0.05, 0) is 77.7 Å². The molecule has 3 aromatic heterocycles. The summed E-state index contributed by atoms with van der Waals surface area (Å²) in [6, 6.07) is 58.5. The number of pyridine rings is 1. The molecular weight excluding hydrogens is 679 g/mol. The SMILES string of the molecule is Cc1c(/C=C\c2cn(-c3ccccc3)c3c2C=CCC3C)c2ccccc2n1-c1cc(-c2ccccc2)nc(-c2cccc(-c3ccc4ccccc4c3)c2)c1. The number of aromatic nitrogens is 3. The third-order valence-corrected chi connectivity index (χ3v) is 11.4. The van der Waals surface area contributed by atoms with E-state index in [2.05, 4.69) is 217 Å². The Hall–Kier alpha value is -6.97. The Bertz CT molecular complexity index is 2960. The van der Waals surface area contributed by atoms with E-state index in [1.54, 1.807) is 0 Å². The first-order chi connectivity index (χ1) is 27.6. The van der Waals surface area contributed by atoms with E-state index in [-0.39, 0.29) is 0 Å². The summed E-state index contributed by atoms with van der Waals surface area (Å²) in [5.74, 6) is 0.439. The second-order valence-electron chi connectivity index (χ2n) is 14.9. The Morgan fingerprint density at radius 1 is 0.589 bits per heavy atom. The maximum atomic E-state index is 5.31. The Morgan fingerprint density at radius 2 is 1.27 bits per heavy atom. The topological polar surface area (TPSA) is 22.8 Å². The lowest BCUT2D eigenvalue weighted by molar-refractivity contribution is 0.718. The number of hydrogen-bond donors (Lipinski definition) is 0. The summed E-state index contributed by atoms with van der Waals surface area (Å²) < 4.78 is 4.80. The van der Waals surface area contributed by atoms with Crippen LogP contribution in [0.15, 0.2) is 176 Å². The van der Waals surface area contributed by atoms with Crippen molar-refractivity contribution in [2.45, 2.75) is 26.2 Å². The van der Waals surface area contributed by atoms with Crippen LogP contribution < -0.4 is 0 Å². The first kappa shape index (κ1) is 33.6. The lowest BCUT2D eigenvalue weighted by Gasteiger charge is -2.19. The molecule has 9 aromatic rings. The molecule has 1 atom stereocenters. The van der Waals surface area contributed by atoms with E-state index in [4.69, 9.17) is 4.98 Å². The van der Waals surface area contributed by atoms with Crippen LogP contribution in [0.1, 0.15) is 47.3 Å². The summed E-state index contributed by atoms with van der Waals surface area (Å²) in [7, 11) is 0. The Morgan fingerprint density at radius 3 is 2.11 bits per heavy atom. The molecule has 3 heteroatoms. The van der Waals surface area contributed by atoms with Crippen molar-refractivity contribution in [2.75, 3.05) is 0 Å². The molecule has 0 aliphatic heterocycles. The van der Waals surface area contributed by atoms with Gasteiger partial charge in [-0.1, -0.05) is 153 Å². The molecule has 0 amide bonds. The summed E-state index contributed by atoms with van der Waals surface area (Å²) in [4.78, 5) is 5.31. The molecule has 6 aromatic carbocycles. The highest BCUT2D eigenvalue weighted by Gasteiger charge is 2.22. The van der Waals surface area contributed by atoms with Crippen LogP contribution >= 0.6 is 0 Å². The average molecular weight is 720 g/mol. The van der Waals surface area contributed by atoms with Crippen molar-refractivity contribution in [1.29, 1.82) is 0 Å². The minimum Gasteiger partial charge on any atom is -0.319 e. The third kappa shape index (κ3) is 5.99. The van der Waals surface area contributed by atoms with Crippen LogP contribution in [0.3, 0.4) is 0 Å². The largest absolute Gasteiger partial charge is 0.319 e. The van der Waals surface area contributed by atoms with E-state index in [1.807, 2.05) is 0 Å². The highest BCUT2D eigenvalue weighted by Crippen LogP contribution is 2.38. The predicted octanol–water partition coefficient (Wildman–Crippen LogP) is 14.0. The van der Waals surface area contributed by atoms with Gasteiger partial charge in [0, 0.05) is 62.4 Å². The van der Waals surface area contributed by atoms with Crippen LogP contribution in [-0.2, 0) is 0 Å². The molecule has 1 aliphatic carbocycles. The molecule has 0 N–H and O–H groups in total. The zero-order chi connectivity index (χ0) is 37.6. The van der Waals surface area contributed by atoms with Gasteiger partial charge in [-0.2, -0.15) is 0 Å². The molecule has 10 rings (SSSR count). The van der Waals surface area contributed by atoms with Crippen LogP contribution in [0.5, 0.6) is 0 Å². The van der Waals surface area contributed by atoms with Crippen molar-refractivity contribution >= 4 is 39.9 Å². The maximum Gasteiger partial charge on any atom is 0.0730 e. The number of rotatable bonds is 7. The van der Waals surface area contributed by atoms with Gasteiger partial charge < -0.3 is 9.13 Å². The number of hydrogen-bond acceptors (Lipinski definition) is 1. The Kier molecular flexibility index (Phi) is 8.41. The summed E-state index contributed by atoms with van der Waals surface area (Å²) in [6.07, 6.45) is 12.6. The smallest absolute Gasteiger partial charge is 0.0730 e. The van der Waals surface area contributed by atoms with E-state index in [0.717, 1.165) is 34.6 Å². The molecule has 1 unspecified atom stereocenters. The highest BCUT2D eigenvalue weighted by molar-refractivity contribution is 5.96. The van der Waals surface area contributed by atoms with Gasteiger partial charge in [-0.3, -0.25) is 0 Å². The number of fused-ring (bicyclic) bond motifs is 3. The van der Waals surface area contributed by atoms with Crippen molar-refractivity contribution < 1.29 is 0 Å². The van der Waals surface area contributed by atoms with Gasteiger partial charge >= 0.3 is 0 Å². The molecule has 3 nitrogen and oxygen atoms in total. The molecule has 1 aliphatic rings. The molecule has 0 saturated heterocycles. The van der Waals surface area contributed by atoms with E-state index < -0.39 is 0 Å². The summed E-state index contributed by atoms with van der Waals surface area (Å²) in [5, 5.41) is 3.70. The first-order valence-corrected chi connectivity index (χ1v) is 19.5. The van der Waals surface area contributed by atoms with E-state index in [0.29, 0.717) is 5.92 Å². The van der Waals surface area contributed by atoms with Crippen LogP contribution in [0.2, 0.25) is 0 Å². The van der Waals surface area contributed by atoms with E-state index >= 15 is 0 Å². The monoisotopic (exact) mass is 719 g/mol. The van der Waals surface area contributed by atoms with Gasteiger partial charge in [0.1, 0.15) is 0 Å². The van der Waals surface area contributed by atoms with Crippen molar-refractivity contribution in [3.63, 3.8) is 0 Å². The summed E-state index contributed by atoms with van der Waals surface area (Å²) in [5.41, 5.74) is 16.2. The number of para-hydroxylation sites is 2. The molecule has 56 heavy (non-hydrogen) atoms. The minimum absolute atomic E-state index is 0.439. The highest BCUT2D eigenvalue weighted by atomic mass is 15.0. The van der Waals surface area contributed by atoms with Gasteiger partial charge in [0.15, 0.2) is 0 Å². The zero-order valence-corrected chi connectivity index (χ0v) is 31.6. The average Bonchev–Trinajstić information content (AvgIpc) is 3.78. The van der Waals surface area contributed by atoms with Gasteiger partial charge in [0.2, 0.25) is 0 Å². The van der Waals surface area contributed by atoms with Crippen molar-refractivity contribution in [2.24, 2.45) is 0 Å². The Balaban J connectivity index is 1.11. The molecule has 0 bridgehead atoms. The fourth-order valence-corrected chi connectivity index (χ4v) is 8.56. The molecule has 3 heterocycles. The normalized spacial score (nSPS) is 13.9. The predicted molar refractivity (Wildman–Crippen MR) is 236 cm³/mol. The van der Waals surface area contributed by atoms with Gasteiger partial charge in [-0.15, -0.1) is 0 Å². The van der Waals surface area contributed by atoms with Crippen LogP contribution in [0, 0.1) is 6.92 Å². The molecule has 0 radical (unpaired) electrons. The lowest BCUT2D eigenvalue weighted by Crippen LogP contribution is -2.06. The summed E-state index contributed by atoms with van der Waals surface area (Å²) >= 11 is 0. The molecule has 268 valence electrons. The third-order valence-electron chi connectivity index (χ3n) is 11.4. The standard InChI is InChI=1S/C53H41N3/c1-36-15-13-25-48-44(35-55(53(36)48)45-22-7-4-8-23-45)29-30-47-37(2)56(52-26-12-11-24-49(47)52)46-33-50(39-17-5-3-6-18-39)54-51(34-46)43-21-14-20-41(32-43)42-28-27-38-16-9-10-19-40(38)31-42/h3-14,16-36H,15H2,1-2H3/b30-29-. The van der Waals surface area contributed by atoms with Crippen molar-refractivity contribution in [3.05, 3.63) is 204 Å². The minimum atomic E-state index is 0.439. The number of benzene rings is 6. The van der Waals surface area contributed by atoms with Crippen molar-refractivity contribution in [1.82, 2.24) is 14.1 Å². The van der Waals surface area contributed by atoms with Crippen LogP contribution in [0.4, 0.5) is 0 Å². The van der Waals surface area contributed by atoms with E-state index in [1.165, 1.54) is 66.6 Å². The molecule has 0 fully saturated rings. The molecule has 0 saturated carbocycles. The fraction of sp³-hybridized carbons (Fsp3) is 0.0755.